The maximum Gasteiger partial charge on any atom is 0.230 e. The molecule has 0 unspecified atom stereocenters. The summed E-state index contributed by atoms with van der Waals surface area (Å²) < 4.78 is 14.5. The van der Waals surface area contributed by atoms with E-state index in [0.29, 0.717) is 12.2 Å². The summed E-state index contributed by atoms with van der Waals surface area (Å²) in [6.45, 7) is 4.14. The largest absolute Gasteiger partial charge is 0.393 e. The average molecular weight is 360 g/mol. The highest BCUT2D eigenvalue weighted by molar-refractivity contribution is 5.86. The summed E-state index contributed by atoms with van der Waals surface area (Å²) in [7, 11) is 0. The van der Waals surface area contributed by atoms with E-state index in [1.54, 1.807) is 6.07 Å². The van der Waals surface area contributed by atoms with Gasteiger partial charge in [-0.25, -0.2) is 4.39 Å². The van der Waals surface area contributed by atoms with Crippen molar-refractivity contribution in [2.45, 2.75) is 64.0 Å². The number of aliphatic hydroxyl groups is 1. The van der Waals surface area contributed by atoms with Gasteiger partial charge in [0.2, 0.25) is 5.91 Å². The van der Waals surface area contributed by atoms with Gasteiger partial charge in [-0.05, 0) is 69.6 Å². The van der Waals surface area contributed by atoms with Crippen molar-refractivity contribution in [3.63, 3.8) is 0 Å². The maximum atomic E-state index is 14.5. The van der Waals surface area contributed by atoms with Gasteiger partial charge < -0.3 is 14.9 Å². The van der Waals surface area contributed by atoms with Crippen molar-refractivity contribution >= 4 is 11.6 Å². The number of amides is 1. The second-order valence-corrected chi connectivity index (χ2v) is 8.47. The first-order valence-electron chi connectivity index (χ1n) is 9.99. The van der Waals surface area contributed by atoms with Gasteiger partial charge in [-0.1, -0.05) is 6.07 Å². The van der Waals surface area contributed by atoms with E-state index in [1.807, 2.05) is 19.1 Å². The predicted molar refractivity (Wildman–Crippen MR) is 99.6 cm³/mol. The smallest absolute Gasteiger partial charge is 0.230 e. The quantitative estimate of drug-likeness (QED) is 0.880. The lowest BCUT2D eigenvalue weighted by Gasteiger charge is -2.41. The Labute approximate surface area is 155 Å². The number of hydrogen-bond donors (Lipinski definition) is 1. The molecule has 1 atom stereocenters. The lowest BCUT2D eigenvalue weighted by molar-refractivity contribution is -0.139. The fraction of sp³-hybridized carbons (Fsp3) is 0.667. The number of aryl methyl sites for hydroxylation is 1. The molecular formula is C21H29FN2O2. The fourth-order valence-corrected chi connectivity index (χ4v) is 5.15. The Balaban J connectivity index is 1.50. The number of aliphatic hydroxyl groups excluding tert-OH is 1. The molecule has 2 aliphatic heterocycles. The lowest BCUT2D eigenvalue weighted by Crippen LogP contribution is -2.50. The molecule has 1 spiro atoms. The number of likely N-dealkylation sites (tertiary alicyclic amines) is 1. The zero-order valence-corrected chi connectivity index (χ0v) is 15.6. The highest BCUT2D eigenvalue weighted by Crippen LogP contribution is 2.43. The monoisotopic (exact) mass is 360 g/mol. The van der Waals surface area contributed by atoms with Gasteiger partial charge in [-0.15, -0.1) is 0 Å². The highest BCUT2D eigenvalue weighted by Gasteiger charge is 2.50. The first-order chi connectivity index (χ1) is 12.5. The molecule has 3 fully saturated rings. The minimum Gasteiger partial charge on any atom is -0.393 e. The van der Waals surface area contributed by atoms with Crippen LogP contribution >= 0.6 is 0 Å². The minimum absolute atomic E-state index is 0.189. The van der Waals surface area contributed by atoms with Crippen LogP contribution < -0.4 is 4.90 Å². The zero-order valence-electron chi connectivity index (χ0n) is 15.6. The third-order valence-corrected chi connectivity index (χ3v) is 6.67. The maximum absolute atomic E-state index is 14.5. The second-order valence-electron chi connectivity index (χ2n) is 8.47. The van der Waals surface area contributed by atoms with Crippen LogP contribution in [0.5, 0.6) is 0 Å². The number of hydrogen-bond acceptors (Lipinski definition) is 3. The normalized spacial score (nSPS) is 32.5. The van der Waals surface area contributed by atoms with Crippen LogP contribution in [0.4, 0.5) is 10.1 Å². The topological polar surface area (TPSA) is 43.8 Å². The Kier molecular flexibility index (Phi) is 4.68. The Morgan fingerprint density at radius 3 is 2.65 bits per heavy atom. The standard InChI is InChI=1S/C21H29FN2O2/c1-15-3-8-19(18(22)13-15)23-11-2-9-21(14-23)10-12-24(20(21)26)16-4-6-17(25)7-5-16/h3,8,13,16-17,25H,2,4-7,9-12,14H2,1H3/t16?,17?,21-/m0/s1. The SMILES string of the molecule is Cc1ccc(N2CCC[C@]3(CCN(C4CCC(O)CC4)C3=O)C2)c(F)c1. The zero-order chi connectivity index (χ0) is 18.3. The molecule has 3 aliphatic rings. The molecule has 2 saturated heterocycles. The number of carbonyl (C=O) groups is 1. The second kappa shape index (κ2) is 6.84. The summed E-state index contributed by atoms with van der Waals surface area (Å²) in [5.41, 5.74) is 1.19. The number of carbonyl (C=O) groups excluding carboxylic acids is 1. The minimum atomic E-state index is -0.356. The molecule has 1 aliphatic carbocycles. The summed E-state index contributed by atoms with van der Waals surface area (Å²) in [6.07, 6.45) is 5.89. The predicted octanol–water partition coefficient (Wildman–Crippen LogP) is 3.26. The summed E-state index contributed by atoms with van der Waals surface area (Å²) in [6, 6.07) is 5.64. The van der Waals surface area contributed by atoms with Gasteiger partial charge in [-0.3, -0.25) is 4.79 Å². The van der Waals surface area contributed by atoms with Gasteiger partial charge in [-0.2, -0.15) is 0 Å². The van der Waals surface area contributed by atoms with E-state index in [2.05, 4.69) is 9.80 Å². The molecule has 1 N–H and O–H groups in total. The van der Waals surface area contributed by atoms with Crippen LogP contribution in [-0.4, -0.2) is 47.7 Å². The number of nitrogens with zero attached hydrogens (tertiary/aromatic N) is 2. The van der Waals surface area contributed by atoms with E-state index in [1.165, 1.54) is 0 Å². The molecule has 1 amide bonds. The van der Waals surface area contributed by atoms with E-state index in [-0.39, 0.29) is 29.3 Å². The van der Waals surface area contributed by atoms with Gasteiger partial charge >= 0.3 is 0 Å². The molecular weight excluding hydrogens is 331 g/mol. The van der Waals surface area contributed by atoms with E-state index in [4.69, 9.17) is 0 Å². The van der Waals surface area contributed by atoms with Crippen molar-refractivity contribution < 1.29 is 14.3 Å². The van der Waals surface area contributed by atoms with E-state index in [0.717, 1.165) is 63.6 Å². The Bertz CT molecular complexity index is 687. The Morgan fingerprint density at radius 1 is 1.15 bits per heavy atom. The number of anilines is 1. The van der Waals surface area contributed by atoms with Crippen LogP contribution in [0.15, 0.2) is 18.2 Å². The molecule has 2 heterocycles. The summed E-state index contributed by atoms with van der Waals surface area (Å²) in [5, 5.41) is 9.74. The summed E-state index contributed by atoms with van der Waals surface area (Å²) >= 11 is 0. The summed E-state index contributed by atoms with van der Waals surface area (Å²) in [5.74, 6) is 0.0710. The number of halogens is 1. The molecule has 4 nitrogen and oxygen atoms in total. The Morgan fingerprint density at radius 2 is 1.92 bits per heavy atom. The van der Waals surface area contributed by atoms with E-state index in [9.17, 15) is 14.3 Å². The van der Waals surface area contributed by atoms with Gasteiger partial charge in [0, 0.05) is 25.7 Å². The third kappa shape index (κ3) is 3.11. The molecule has 5 heteroatoms. The van der Waals surface area contributed by atoms with Crippen LogP contribution in [0.1, 0.15) is 50.5 Å². The van der Waals surface area contributed by atoms with Crippen LogP contribution in [-0.2, 0) is 4.79 Å². The number of rotatable bonds is 2. The summed E-state index contributed by atoms with van der Waals surface area (Å²) in [4.78, 5) is 17.5. The van der Waals surface area contributed by atoms with Gasteiger partial charge in [0.1, 0.15) is 5.82 Å². The number of benzene rings is 1. The molecule has 0 bridgehead atoms. The molecule has 0 radical (unpaired) electrons. The molecule has 26 heavy (non-hydrogen) atoms. The van der Waals surface area contributed by atoms with Gasteiger partial charge in [0.15, 0.2) is 0 Å². The van der Waals surface area contributed by atoms with E-state index < -0.39 is 0 Å². The van der Waals surface area contributed by atoms with Gasteiger partial charge in [0.05, 0.1) is 17.2 Å². The van der Waals surface area contributed by atoms with Crippen molar-refractivity contribution in [1.29, 1.82) is 0 Å². The van der Waals surface area contributed by atoms with Crippen molar-refractivity contribution in [3.8, 4) is 0 Å². The van der Waals surface area contributed by atoms with Crippen LogP contribution in [0.3, 0.4) is 0 Å². The van der Waals surface area contributed by atoms with Crippen molar-refractivity contribution in [1.82, 2.24) is 4.90 Å². The first-order valence-corrected chi connectivity index (χ1v) is 9.99. The van der Waals surface area contributed by atoms with Crippen molar-refractivity contribution in [3.05, 3.63) is 29.6 Å². The lowest BCUT2D eigenvalue weighted by atomic mass is 9.78. The van der Waals surface area contributed by atoms with Crippen molar-refractivity contribution in [2.75, 3.05) is 24.5 Å². The Hall–Kier alpha value is -1.62. The molecule has 1 aromatic rings. The molecule has 142 valence electrons. The third-order valence-electron chi connectivity index (χ3n) is 6.67. The van der Waals surface area contributed by atoms with Gasteiger partial charge in [0.25, 0.3) is 0 Å². The van der Waals surface area contributed by atoms with Crippen molar-refractivity contribution in [2.24, 2.45) is 5.41 Å². The van der Waals surface area contributed by atoms with Crippen LogP contribution in [0.25, 0.3) is 0 Å². The number of piperidine rings is 1. The van der Waals surface area contributed by atoms with Crippen LogP contribution in [0.2, 0.25) is 0 Å². The first kappa shape index (κ1) is 17.8. The fourth-order valence-electron chi connectivity index (χ4n) is 5.15. The molecule has 1 aromatic carbocycles. The van der Waals surface area contributed by atoms with E-state index >= 15 is 0 Å². The van der Waals surface area contributed by atoms with Crippen LogP contribution in [0, 0.1) is 18.2 Å². The highest BCUT2D eigenvalue weighted by atomic mass is 19.1. The molecule has 1 saturated carbocycles. The molecule has 0 aromatic heterocycles. The molecule has 4 rings (SSSR count). The average Bonchev–Trinajstić information content (AvgIpc) is 2.92.